The van der Waals surface area contributed by atoms with Crippen molar-refractivity contribution in [3.05, 3.63) is 0 Å². The van der Waals surface area contributed by atoms with Crippen molar-refractivity contribution in [2.75, 3.05) is 0 Å². The van der Waals surface area contributed by atoms with Crippen LogP contribution in [0.3, 0.4) is 0 Å². The molecule has 0 atom stereocenters. The largest absolute Gasteiger partial charge is 0.0656 e. The highest BCUT2D eigenvalue weighted by Gasteiger charge is 1.36. The van der Waals surface area contributed by atoms with Crippen LogP contribution in [0.5, 0.6) is 0 Å². The van der Waals surface area contributed by atoms with Gasteiger partial charge in [0.2, 0.25) is 0 Å². The van der Waals surface area contributed by atoms with Crippen molar-refractivity contribution >= 4 is 0 Å². The molecule has 0 aromatic carbocycles. The maximum atomic E-state index is 6.45. The Bertz CT molecular complexity index is 14.5. The van der Waals surface area contributed by atoms with Crippen LogP contribution in [0.15, 0.2) is 0 Å². The molecule has 0 radical (unpaired) electrons. The van der Waals surface area contributed by atoms with Gasteiger partial charge in [0.1, 0.15) is 0 Å². The first-order valence-corrected chi connectivity index (χ1v) is 2.41. The minimum Gasteiger partial charge on any atom is -0.0656 e. The molecule has 0 rings (SSSR count). The Labute approximate surface area is 44.4 Å². The summed E-state index contributed by atoms with van der Waals surface area (Å²) >= 11 is 0. The van der Waals surface area contributed by atoms with E-state index in [2.05, 4.69) is 0 Å². The lowest BCUT2D eigenvalue weighted by molar-refractivity contribution is 1.09. The first-order chi connectivity index (χ1) is 3.83. The molecule has 0 amide bonds. The van der Waals surface area contributed by atoms with E-state index >= 15 is 0 Å². The summed E-state index contributed by atoms with van der Waals surface area (Å²) in [5, 5.41) is 0. The summed E-state index contributed by atoms with van der Waals surface area (Å²) in [6.45, 7) is 5.12. The highest BCUT2D eigenvalue weighted by molar-refractivity contribution is 3.92. The van der Waals surface area contributed by atoms with Gasteiger partial charge in [-0.05, 0) is 0 Å². The van der Waals surface area contributed by atoms with Gasteiger partial charge in [-0.2, -0.15) is 0 Å². The molecule has 0 spiro atoms. The predicted octanol–water partition coefficient (Wildman–Crippen LogP) is 2.83. The molecule has 6 heavy (non-hydrogen) atoms. The Hall–Kier alpha value is 0. The van der Waals surface area contributed by atoms with Crippen molar-refractivity contribution in [3.8, 4) is 0 Å². The van der Waals surface area contributed by atoms with Gasteiger partial charge in [0.15, 0.2) is 0 Å². The zero-order valence-corrected chi connectivity index (χ0v) is 4.83. The second-order valence-electron chi connectivity index (χ2n) is 1.000. The van der Waals surface area contributed by atoms with Crippen LogP contribution in [0.2, 0.25) is 0 Å². The summed E-state index contributed by atoms with van der Waals surface area (Å²) in [5.74, 6) is 0. The van der Waals surface area contributed by atoms with Crippen molar-refractivity contribution in [1.82, 2.24) is 0 Å². The molecule has 0 nitrogen and oxygen atoms in total. The van der Waals surface area contributed by atoms with E-state index in [4.69, 9.17) is 2.74 Å². The average Bonchev–Trinajstić information content (AvgIpc) is 1.88. The van der Waals surface area contributed by atoms with Crippen LogP contribution in [0, 0.1) is 0 Å². The summed E-state index contributed by atoms with van der Waals surface area (Å²) in [5.41, 5.74) is 0. The van der Waals surface area contributed by atoms with E-state index in [0.717, 1.165) is 12.8 Å². The smallest absolute Gasteiger partial charge is 0.0230 e. The highest BCUT2D eigenvalue weighted by Crippen LogP contribution is 1.56. The first-order valence-electron chi connectivity index (χ1n) is 3.83. The van der Waals surface area contributed by atoms with Crippen LogP contribution >= 0.6 is 0 Å². The summed E-state index contributed by atoms with van der Waals surface area (Å²) in [4.78, 5) is 0. The highest BCUT2D eigenvalue weighted by atomic mass is 13.4. The second-order valence-corrected chi connectivity index (χ2v) is 1.000. The molecule has 0 aromatic rings. The zero-order valence-electron chi connectivity index (χ0n) is 6.83. The molecule has 0 heteroatoms. The molecule has 0 saturated carbocycles. The Morgan fingerprint density at radius 2 is 1.33 bits per heavy atom. The van der Waals surface area contributed by atoms with Gasteiger partial charge in [0.05, 0.1) is 0 Å². The lowest BCUT2D eigenvalue weighted by Gasteiger charge is -1.48. The number of hydrogen-bond acceptors (Lipinski definition) is 0. The standard InChI is InChI=1S/2C3H8/c2*1-3-2/h2*3H2,1-2H3/i2*1D. The number of rotatable bonds is 0. The van der Waals surface area contributed by atoms with Crippen LogP contribution in [-0.2, 0) is 0 Å². The first kappa shape index (κ1) is 4.17. The topological polar surface area (TPSA) is 0 Å². The molecule has 0 bridgehead atoms. The van der Waals surface area contributed by atoms with E-state index in [-0.39, 0.29) is 0 Å². The third-order valence-electron chi connectivity index (χ3n) is 0. The van der Waals surface area contributed by atoms with E-state index in [1.807, 2.05) is 13.8 Å². The second kappa shape index (κ2) is 20.0. The molecule has 0 aliphatic rings. The van der Waals surface area contributed by atoms with E-state index in [0.29, 0.717) is 13.8 Å². The van der Waals surface area contributed by atoms with Gasteiger partial charge >= 0.3 is 0 Å². The van der Waals surface area contributed by atoms with Crippen LogP contribution in [0.25, 0.3) is 0 Å². The molecule has 0 unspecified atom stereocenters. The number of hydrogen-bond donors (Lipinski definition) is 0. The SMILES string of the molecule is [2H]CCC.[2H]CCC. The minimum atomic E-state index is 0.569. The molecule has 0 heterocycles. The van der Waals surface area contributed by atoms with E-state index < -0.39 is 0 Å². The fraction of sp³-hybridized carbons (Fsp3) is 1.00. The molecule has 0 aliphatic carbocycles. The summed E-state index contributed by atoms with van der Waals surface area (Å²) in [6, 6.07) is 0. The third kappa shape index (κ3) is 0. The van der Waals surface area contributed by atoms with Gasteiger partial charge < -0.3 is 0 Å². The Morgan fingerprint density at radius 3 is 1.33 bits per heavy atom. The third-order valence-corrected chi connectivity index (χ3v) is 0. The fourth-order valence-electron chi connectivity index (χ4n) is 0. The van der Waals surface area contributed by atoms with E-state index in [9.17, 15) is 0 Å². The van der Waals surface area contributed by atoms with Gasteiger partial charge in [-0.1, -0.05) is 40.5 Å². The van der Waals surface area contributed by atoms with E-state index in [1.54, 1.807) is 0 Å². The molecule has 0 fully saturated rings. The maximum Gasteiger partial charge on any atom is 0.0230 e. The van der Waals surface area contributed by atoms with Crippen LogP contribution in [0.1, 0.15) is 43.2 Å². The molecule has 0 aliphatic heterocycles. The molecule has 0 saturated heterocycles. The average molecular weight is 90.2 g/mol. The van der Waals surface area contributed by atoms with E-state index in [1.165, 1.54) is 0 Å². The van der Waals surface area contributed by atoms with Crippen molar-refractivity contribution in [2.45, 2.75) is 40.5 Å². The molecular weight excluding hydrogens is 72.1 g/mol. The zero-order chi connectivity index (χ0) is 6.83. The van der Waals surface area contributed by atoms with Gasteiger partial charge in [0.25, 0.3) is 0 Å². The van der Waals surface area contributed by atoms with Gasteiger partial charge in [-0.25, -0.2) is 0 Å². The van der Waals surface area contributed by atoms with Crippen LogP contribution in [0.4, 0.5) is 0 Å². The Kier molecular flexibility index (Phi) is 13.9. The van der Waals surface area contributed by atoms with Crippen molar-refractivity contribution in [3.63, 3.8) is 0 Å². The predicted molar refractivity (Wildman–Crippen MR) is 31.9 cm³/mol. The lowest BCUT2D eigenvalue weighted by Crippen LogP contribution is -1.27. The Morgan fingerprint density at radius 1 is 1.17 bits per heavy atom. The summed E-state index contributed by atoms with van der Waals surface area (Å²) < 4.78 is 12.9. The maximum absolute atomic E-state index is 6.45. The van der Waals surface area contributed by atoms with Crippen molar-refractivity contribution in [2.24, 2.45) is 0 Å². The summed E-state index contributed by atoms with van der Waals surface area (Å²) in [7, 11) is 0. The Balaban J connectivity index is 0. The molecule has 40 valence electrons. The van der Waals surface area contributed by atoms with Gasteiger partial charge in [-0.15, -0.1) is 0 Å². The molecular formula is C6H16. The van der Waals surface area contributed by atoms with Crippen molar-refractivity contribution < 1.29 is 2.74 Å². The molecule has 0 aromatic heterocycles. The van der Waals surface area contributed by atoms with Gasteiger partial charge in [0, 0.05) is 2.74 Å². The van der Waals surface area contributed by atoms with Crippen molar-refractivity contribution in [1.29, 1.82) is 0 Å². The lowest BCUT2D eigenvalue weighted by atomic mass is 10.6. The van der Waals surface area contributed by atoms with Crippen LogP contribution in [-0.4, -0.2) is 0 Å². The van der Waals surface area contributed by atoms with Gasteiger partial charge in [-0.3, -0.25) is 0 Å². The fourth-order valence-corrected chi connectivity index (χ4v) is 0. The monoisotopic (exact) mass is 90.1 g/mol. The van der Waals surface area contributed by atoms with Crippen LogP contribution < -0.4 is 0 Å². The molecule has 0 N–H and O–H groups in total. The normalized spacial score (nSPS) is 10.3. The quantitative estimate of drug-likeness (QED) is 0.429. The summed E-state index contributed by atoms with van der Waals surface area (Å²) in [6.07, 6.45) is 1.97. The minimum absolute atomic E-state index is 0.569.